The molecule has 0 fully saturated rings. The summed E-state index contributed by atoms with van der Waals surface area (Å²) in [5.74, 6) is 1.12. The highest BCUT2D eigenvalue weighted by molar-refractivity contribution is 5.51. The van der Waals surface area contributed by atoms with E-state index in [1.54, 1.807) is 18.6 Å². The van der Waals surface area contributed by atoms with E-state index in [2.05, 4.69) is 15.5 Å². The van der Waals surface area contributed by atoms with E-state index in [4.69, 9.17) is 8.94 Å². The molecule has 2 aromatic rings. The SMILES string of the molecule is CNC(C)c1nc(-c2ccoc2)no1. The monoisotopic (exact) mass is 193 g/mol. The van der Waals surface area contributed by atoms with Crippen LogP contribution in [0, 0.1) is 0 Å². The van der Waals surface area contributed by atoms with Gasteiger partial charge in [0.25, 0.3) is 0 Å². The molecule has 0 bridgehead atoms. The summed E-state index contributed by atoms with van der Waals surface area (Å²) in [6, 6.07) is 1.85. The Morgan fingerprint density at radius 1 is 1.50 bits per heavy atom. The van der Waals surface area contributed by atoms with Gasteiger partial charge in [0.1, 0.15) is 6.26 Å². The molecular weight excluding hydrogens is 182 g/mol. The number of hydrogen-bond donors (Lipinski definition) is 1. The van der Waals surface area contributed by atoms with Crippen LogP contribution in [-0.2, 0) is 0 Å². The summed E-state index contributed by atoms with van der Waals surface area (Å²) >= 11 is 0. The van der Waals surface area contributed by atoms with Crippen LogP contribution in [0.1, 0.15) is 18.9 Å². The Morgan fingerprint density at radius 3 is 3.00 bits per heavy atom. The van der Waals surface area contributed by atoms with Gasteiger partial charge in [-0.2, -0.15) is 4.98 Å². The third-order valence-electron chi connectivity index (χ3n) is 2.02. The van der Waals surface area contributed by atoms with Gasteiger partial charge in [-0.15, -0.1) is 0 Å². The second-order valence-corrected chi connectivity index (χ2v) is 2.98. The Kier molecular flexibility index (Phi) is 2.32. The highest BCUT2D eigenvalue weighted by atomic mass is 16.5. The van der Waals surface area contributed by atoms with Gasteiger partial charge in [0.05, 0.1) is 17.9 Å². The molecule has 0 aliphatic carbocycles. The van der Waals surface area contributed by atoms with E-state index in [-0.39, 0.29) is 6.04 Å². The molecule has 0 saturated carbocycles. The molecule has 0 aliphatic heterocycles. The highest BCUT2D eigenvalue weighted by Gasteiger charge is 2.13. The lowest BCUT2D eigenvalue weighted by Gasteiger charge is -2.01. The summed E-state index contributed by atoms with van der Waals surface area (Å²) in [5.41, 5.74) is 0.823. The quantitative estimate of drug-likeness (QED) is 0.802. The van der Waals surface area contributed by atoms with Gasteiger partial charge in [-0.05, 0) is 20.0 Å². The van der Waals surface area contributed by atoms with Crippen molar-refractivity contribution in [3.8, 4) is 11.4 Å². The number of nitrogens with zero attached hydrogens (tertiary/aromatic N) is 2. The number of aromatic nitrogens is 2. The van der Waals surface area contributed by atoms with E-state index in [9.17, 15) is 0 Å². The summed E-state index contributed by atoms with van der Waals surface area (Å²) in [5, 5.41) is 6.86. The van der Waals surface area contributed by atoms with Crippen molar-refractivity contribution in [1.29, 1.82) is 0 Å². The number of hydrogen-bond acceptors (Lipinski definition) is 5. The molecule has 1 unspecified atom stereocenters. The first kappa shape index (κ1) is 8.96. The van der Waals surface area contributed by atoms with Gasteiger partial charge in [0.15, 0.2) is 0 Å². The van der Waals surface area contributed by atoms with Crippen molar-refractivity contribution in [3.05, 3.63) is 24.5 Å². The van der Waals surface area contributed by atoms with E-state index in [1.807, 2.05) is 14.0 Å². The maximum Gasteiger partial charge on any atom is 0.243 e. The lowest BCUT2D eigenvalue weighted by atomic mass is 10.3. The Bertz CT molecular complexity index is 394. The van der Waals surface area contributed by atoms with Gasteiger partial charge in [0, 0.05) is 0 Å². The minimum Gasteiger partial charge on any atom is -0.472 e. The number of nitrogens with one attached hydrogen (secondary N) is 1. The van der Waals surface area contributed by atoms with Crippen LogP contribution in [-0.4, -0.2) is 17.2 Å². The molecule has 0 aromatic carbocycles. The Morgan fingerprint density at radius 2 is 2.36 bits per heavy atom. The van der Waals surface area contributed by atoms with Crippen molar-refractivity contribution < 1.29 is 8.94 Å². The van der Waals surface area contributed by atoms with Crippen LogP contribution in [0.25, 0.3) is 11.4 Å². The van der Waals surface area contributed by atoms with Crippen LogP contribution >= 0.6 is 0 Å². The van der Waals surface area contributed by atoms with Crippen LogP contribution in [0.2, 0.25) is 0 Å². The van der Waals surface area contributed by atoms with E-state index in [0.29, 0.717) is 11.7 Å². The summed E-state index contributed by atoms with van der Waals surface area (Å²) in [4.78, 5) is 4.22. The van der Waals surface area contributed by atoms with Crippen LogP contribution < -0.4 is 5.32 Å². The van der Waals surface area contributed by atoms with Crippen molar-refractivity contribution in [2.24, 2.45) is 0 Å². The first-order chi connectivity index (χ1) is 6.81. The molecule has 74 valence electrons. The van der Waals surface area contributed by atoms with Crippen molar-refractivity contribution in [2.45, 2.75) is 13.0 Å². The smallest absolute Gasteiger partial charge is 0.243 e. The second-order valence-electron chi connectivity index (χ2n) is 2.98. The lowest BCUT2D eigenvalue weighted by Crippen LogP contribution is -2.12. The van der Waals surface area contributed by atoms with E-state index < -0.39 is 0 Å². The fourth-order valence-electron chi connectivity index (χ4n) is 1.04. The van der Waals surface area contributed by atoms with Gasteiger partial charge in [0.2, 0.25) is 11.7 Å². The molecule has 1 atom stereocenters. The van der Waals surface area contributed by atoms with Crippen molar-refractivity contribution >= 4 is 0 Å². The molecule has 2 rings (SSSR count). The fraction of sp³-hybridized carbons (Fsp3) is 0.333. The minimum atomic E-state index is 0.0585. The molecule has 0 spiro atoms. The average Bonchev–Trinajstić information content (AvgIpc) is 2.86. The van der Waals surface area contributed by atoms with Crippen molar-refractivity contribution in [2.75, 3.05) is 7.05 Å². The molecule has 2 aromatic heterocycles. The van der Waals surface area contributed by atoms with E-state index in [0.717, 1.165) is 5.56 Å². The van der Waals surface area contributed by atoms with Gasteiger partial charge >= 0.3 is 0 Å². The van der Waals surface area contributed by atoms with E-state index >= 15 is 0 Å². The topological polar surface area (TPSA) is 64.1 Å². The third kappa shape index (κ3) is 1.54. The minimum absolute atomic E-state index is 0.0585. The maximum atomic E-state index is 5.08. The number of furan rings is 1. The van der Waals surface area contributed by atoms with Gasteiger partial charge in [-0.3, -0.25) is 0 Å². The zero-order valence-corrected chi connectivity index (χ0v) is 8.02. The molecule has 0 saturated heterocycles. The molecule has 14 heavy (non-hydrogen) atoms. The fourth-order valence-corrected chi connectivity index (χ4v) is 1.04. The van der Waals surface area contributed by atoms with Gasteiger partial charge < -0.3 is 14.3 Å². The molecule has 5 heteroatoms. The Labute approximate surface area is 81.1 Å². The number of rotatable bonds is 3. The van der Waals surface area contributed by atoms with Crippen molar-refractivity contribution in [1.82, 2.24) is 15.5 Å². The van der Waals surface area contributed by atoms with Crippen molar-refractivity contribution in [3.63, 3.8) is 0 Å². The maximum absolute atomic E-state index is 5.08. The zero-order chi connectivity index (χ0) is 9.97. The Balaban J connectivity index is 2.26. The van der Waals surface area contributed by atoms with Crippen LogP contribution in [0.4, 0.5) is 0 Å². The lowest BCUT2D eigenvalue weighted by molar-refractivity contribution is 0.347. The standard InChI is InChI=1S/C9H11N3O2/c1-6(10-2)9-11-8(12-14-9)7-3-4-13-5-7/h3-6,10H,1-2H3. The summed E-state index contributed by atoms with van der Waals surface area (Å²) in [6.45, 7) is 1.95. The van der Waals surface area contributed by atoms with Crippen LogP contribution in [0.5, 0.6) is 0 Å². The largest absolute Gasteiger partial charge is 0.472 e. The first-order valence-corrected chi connectivity index (χ1v) is 4.34. The van der Waals surface area contributed by atoms with Gasteiger partial charge in [-0.25, -0.2) is 0 Å². The Hall–Kier alpha value is -1.62. The molecular formula is C9H11N3O2. The molecule has 1 N–H and O–H groups in total. The zero-order valence-electron chi connectivity index (χ0n) is 8.02. The van der Waals surface area contributed by atoms with Crippen LogP contribution in [0.15, 0.2) is 27.5 Å². The molecule has 0 aliphatic rings. The predicted molar refractivity (Wildman–Crippen MR) is 49.5 cm³/mol. The molecule has 0 amide bonds. The summed E-state index contributed by atoms with van der Waals surface area (Å²) in [6.07, 6.45) is 3.16. The summed E-state index contributed by atoms with van der Waals surface area (Å²) in [7, 11) is 1.84. The highest BCUT2D eigenvalue weighted by Crippen LogP contribution is 2.18. The third-order valence-corrected chi connectivity index (χ3v) is 2.02. The normalized spacial score (nSPS) is 13.0. The molecule has 0 radical (unpaired) electrons. The molecule has 2 heterocycles. The van der Waals surface area contributed by atoms with Gasteiger partial charge in [-0.1, -0.05) is 5.16 Å². The average molecular weight is 193 g/mol. The predicted octanol–water partition coefficient (Wildman–Crippen LogP) is 1.61. The molecule has 5 nitrogen and oxygen atoms in total. The van der Waals surface area contributed by atoms with Crippen LogP contribution in [0.3, 0.4) is 0 Å². The first-order valence-electron chi connectivity index (χ1n) is 4.34. The second kappa shape index (κ2) is 3.63. The summed E-state index contributed by atoms with van der Waals surface area (Å²) < 4.78 is 10.0. The van der Waals surface area contributed by atoms with E-state index in [1.165, 1.54) is 0 Å².